The molecule has 1 aliphatic carbocycles. The average Bonchev–Trinajstić information content (AvgIpc) is 3.16. The highest BCUT2D eigenvalue weighted by Crippen LogP contribution is 2.73. The van der Waals surface area contributed by atoms with Crippen LogP contribution >= 0.6 is 23.5 Å². The molecule has 0 nitrogen and oxygen atoms in total. The third-order valence-corrected chi connectivity index (χ3v) is 10.1. The Morgan fingerprint density at radius 2 is 1.52 bits per heavy atom. The molecule has 1 saturated heterocycles. The first-order chi connectivity index (χ1) is 12.9. The summed E-state index contributed by atoms with van der Waals surface area (Å²) in [5.41, 5.74) is 6.30. The quantitative estimate of drug-likeness (QED) is 0.500. The molecule has 4 atom stereocenters. The molecule has 0 N–H and O–H groups in total. The van der Waals surface area contributed by atoms with Gasteiger partial charge < -0.3 is 0 Å². The highest BCUT2D eigenvalue weighted by Gasteiger charge is 2.63. The fraction of sp³-hybridized carbons (Fsp3) is 0.360. The molecule has 0 unspecified atom stereocenters. The van der Waals surface area contributed by atoms with Gasteiger partial charge in [0.25, 0.3) is 0 Å². The second-order valence-corrected chi connectivity index (χ2v) is 11.5. The fourth-order valence-electron chi connectivity index (χ4n) is 5.09. The summed E-state index contributed by atoms with van der Waals surface area (Å²) < 4.78 is 0.0851. The largest absolute Gasteiger partial charge is 0.136 e. The van der Waals surface area contributed by atoms with E-state index in [1.54, 1.807) is 11.1 Å². The molecule has 3 aliphatic rings. The SMILES string of the molecule is CC1=C(c2ccccc2)S[C@H]2[C@H]3S[C@@]1(c1ccccc1)[C@H]2C=C3C(C)(C)C. The molecular weight excluding hydrogens is 364 g/mol. The van der Waals surface area contributed by atoms with E-state index in [2.05, 4.69) is 118 Å². The molecule has 0 spiro atoms. The van der Waals surface area contributed by atoms with E-state index in [-0.39, 0.29) is 10.2 Å². The van der Waals surface area contributed by atoms with E-state index < -0.39 is 0 Å². The van der Waals surface area contributed by atoms with Crippen LogP contribution in [0.1, 0.15) is 38.8 Å². The van der Waals surface area contributed by atoms with Crippen molar-refractivity contribution in [3.05, 3.63) is 89.0 Å². The van der Waals surface area contributed by atoms with Crippen LogP contribution in [0.2, 0.25) is 0 Å². The first-order valence-corrected chi connectivity index (χ1v) is 11.6. The van der Waals surface area contributed by atoms with Crippen LogP contribution in [0.25, 0.3) is 4.91 Å². The molecule has 2 aromatic rings. The summed E-state index contributed by atoms with van der Waals surface area (Å²) in [6.07, 6.45) is 2.65. The molecule has 2 heteroatoms. The summed E-state index contributed by atoms with van der Waals surface area (Å²) in [6, 6.07) is 22.3. The number of rotatable bonds is 2. The summed E-state index contributed by atoms with van der Waals surface area (Å²) >= 11 is 4.36. The van der Waals surface area contributed by atoms with Crippen molar-refractivity contribution in [3.63, 3.8) is 0 Å². The monoisotopic (exact) mass is 390 g/mol. The van der Waals surface area contributed by atoms with Gasteiger partial charge in [-0.3, -0.25) is 0 Å². The summed E-state index contributed by atoms with van der Waals surface area (Å²) in [6.45, 7) is 9.52. The van der Waals surface area contributed by atoms with E-state index in [0.29, 0.717) is 16.4 Å². The summed E-state index contributed by atoms with van der Waals surface area (Å²) in [4.78, 5) is 1.50. The standard InChI is InChI=1S/C25H26S2/c1-16-21(17-11-7-5-8-12-17)26-22-20-15-19(24(2,3)4)23(22)27-25(16,20)18-13-9-6-10-14-18/h5-15,20,22-23H,1-4H3/t20-,22+,23-,25-/m0/s1. The summed E-state index contributed by atoms with van der Waals surface area (Å²) in [5.74, 6) is 0.585. The lowest BCUT2D eigenvalue weighted by atomic mass is 9.78. The molecule has 27 heavy (non-hydrogen) atoms. The number of allylic oxidation sites excluding steroid dienone is 1. The normalized spacial score (nSPS) is 32.0. The van der Waals surface area contributed by atoms with Crippen molar-refractivity contribution in [2.45, 2.75) is 42.9 Å². The Bertz CT molecular complexity index is 933. The minimum absolute atomic E-state index is 0.0851. The summed E-state index contributed by atoms with van der Waals surface area (Å²) in [5, 5.41) is 1.25. The van der Waals surface area contributed by atoms with E-state index in [9.17, 15) is 0 Å². The minimum atomic E-state index is 0.0851. The van der Waals surface area contributed by atoms with Gasteiger partial charge in [0.2, 0.25) is 0 Å². The van der Waals surface area contributed by atoms with Crippen molar-refractivity contribution >= 4 is 28.4 Å². The molecule has 1 fully saturated rings. The van der Waals surface area contributed by atoms with Gasteiger partial charge >= 0.3 is 0 Å². The van der Waals surface area contributed by atoms with E-state index in [0.717, 1.165) is 0 Å². The van der Waals surface area contributed by atoms with Gasteiger partial charge in [0, 0.05) is 21.3 Å². The Labute approximate surface area is 171 Å². The van der Waals surface area contributed by atoms with Crippen molar-refractivity contribution in [2.75, 3.05) is 0 Å². The van der Waals surface area contributed by atoms with Crippen molar-refractivity contribution in [3.8, 4) is 0 Å². The van der Waals surface area contributed by atoms with Gasteiger partial charge in [0.1, 0.15) is 0 Å². The average molecular weight is 391 g/mol. The maximum atomic E-state index is 2.65. The lowest BCUT2D eigenvalue weighted by Gasteiger charge is -2.42. The third-order valence-electron chi connectivity index (χ3n) is 6.36. The zero-order valence-corrected chi connectivity index (χ0v) is 18.0. The molecule has 138 valence electrons. The fourth-order valence-corrected chi connectivity index (χ4v) is 9.34. The van der Waals surface area contributed by atoms with Crippen molar-refractivity contribution in [1.82, 2.24) is 0 Å². The van der Waals surface area contributed by atoms with Crippen molar-refractivity contribution in [1.29, 1.82) is 0 Å². The van der Waals surface area contributed by atoms with Crippen LogP contribution in [-0.2, 0) is 4.75 Å². The molecule has 2 aromatic carbocycles. The minimum Gasteiger partial charge on any atom is -0.136 e. The lowest BCUT2D eigenvalue weighted by molar-refractivity contribution is 0.494. The first kappa shape index (κ1) is 17.7. The molecule has 2 heterocycles. The van der Waals surface area contributed by atoms with Gasteiger partial charge in [-0.2, -0.15) is 0 Å². The molecule has 4 bridgehead atoms. The number of benzene rings is 2. The molecular formula is C25H26S2. The lowest BCUT2D eigenvalue weighted by Crippen LogP contribution is -2.35. The molecule has 0 saturated carbocycles. The van der Waals surface area contributed by atoms with Crippen LogP contribution in [0.15, 0.2) is 77.9 Å². The highest BCUT2D eigenvalue weighted by atomic mass is 32.2. The molecule has 0 aromatic heterocycles. The van der Waals surface area contributed by atoms with Crippen LogP contribution < -0.4 is 0 Å². The second kappa shape index (κ2) is 6.06. The Morgan fingerprint density at radius 1 is 0.889 bits per heavy atom. The number of hydrogen-bond acceptors (Lipinski definition) is 2. The molecule has 0 radical (unpaired) electrons. The number of thioether (sulfide) groups is 2. The zero-order chi connectivity index (χ0) is 18.8. The van der Waals surface area contributed by atoms with E-state index in [1.807, 2.05) is 0 Å². The van der Waals surface area contributed by atoms with Crippen LogP contribution in [-0.4, -0.2) is 10.5 Å². The van der Waals surface area contributed by atoms with Crippen LogP contribution in [0.3, 0.4) is 0 Å². The smallest absolute Gasteiger partial charge is 0.0708 e. The highest BCUT2D eigenvalue weighted by molar-refractivity contribution is 8.11. The maximum Gasteiger partial charge on any atom is 0.0708 e. The van der Waals surface area contributed by atoms with Gasteiger partial charge in [-0.25, -0.2) is 0 Å². The zero-order valence-electron chi connectivity index (χ0n) is 16.4. The predicted molar refractivity (Wildman–Crippen MR) is 121 cm³/mol. The molecule has 0 amide bonds. The van der Waals surface area contributed by atoms with E-state index in [1.165, 1.54) is 16.0 Å². The Balaban J connectivity index is 1.72. The Hall–Kier alpha value is -1.38. The van der Waals surface area contributed by atoms with Gasteiger partial charge in [-0.05, 0) is 29.0 Å². The van der Waals surface area contributed by atoms with Crippen LogP contribution in [0, 0.1) is 11.3 Å². The van der Waals surface area contributed by atoms with E-state index in [4.69, 9.17) is 0 Å². The van der Waals surface area contributed by atoms with Gasteiger partial charge in [-0.15, -0.1) is 23.5 Å². The van der Waals surface area contributed by atoms with Crippen molar-refractivity contribution < 1.29 is 0 Å². The predicted octanol–water partition coefficient (Wildman–Crippen LogP) is 7.15. The van der Waals surface area contributed by atoms with Gasteiger partial charge in [0.05, 0.1) is 4.75 Å². The van der Waals surface area contributed by atoms with Gasteiger partial charge in [0.15, 0.2) is 0 Å². The van der Waals surface area contributed by atoms with Crippen molar-refractivity contribution in [2.24, 2.45) is 11.3 Å². The Morgan fingerprint density at radius 3 is 2.15 bits per heavy atom. The van der Waals surface area contributed by atoms with Crippen LogP contribution in [0.4, 0.5) is 0 Å². The van der Waals surface area contributed by atoms with E-state index >= 15 is 0 Å². The Kier molecular flexibility index (Phi) is 3.97. The second-order valence-electron chi connectivity index (χ2n) is 8.94. The summed E-state index contributed by atoms with van der Waals surface area (Å²) in [7, 11) is 0. The maximum absolute atomic E-state index is 2.65. The molecule has 2 aliphatic heterocycles. The van der Waals surface area contributed by atoms with Crippen LogP contribution in [0.5, 0.6) is 0 Å². The first-order valence-electron chi connectivity index (χ1n) is 9.82. The topological polar surface area (TPSA) is 0 Å². The third kappa shape index (κ3) is 2.46. The number of hydrogen-bond donors (Lipinski definition) is 0. The molecule has 5 rings (SSSR count). The van der Waals surface area contributed by atoms with Gasteiger partial charge in [-0.1, -0.05) is 93.1 Å².